The molecule has 3 rings (SSSR count). The fourth-order valence-electron chi connectivity index (χ4n) is 2.29. The lowest BCUT2D eigenvalue weighted by molar-refractivity contribution is 0.0515. The van der Waals surface area contributed by atoms with E-state index >= 15 is 0 Å². The van der Waals surface area contributed by atoms with Crippen molar-refractivity contribution in [2.24, 2.45) is 0 Å². The van der Waals surface area contributed by atoms with Gasteiger partial charge < -0.3 is 9.26 Å². The molecule has 3 aromatic rings. The van der Waals surface area contributed by atoms with E-state index in [9.17, 15) is 4.79 Å². The van der Waals surface area contributed by atoms with Crippen LogP contribution < -0.4 is 0 Å². The van der Waals surface area contributed by atoms with Gasteiger partial charge in [0, 0.05) is 5.56 Å². The summed E-state index contributed by atoms with van der Waals surface area (Å²) in [6, 6.07) is 19.2. The van der Waals surface area contributed by atoms with Crippen LogP contribution in [0.1, 0.15) is 17.4 Å². The molecule has 2 aromatic carbocycles. The van der Waals surface area contributed by atoms with Crippen molar-refractivity contribution in [3.8, 4) is 22.5 Å². The largest absolute Gasteiger partial charge is 0.461 e. The van der Waals surface area contributed by atoms with Crippen molar-refractivity contribution in [2.45, 2.75) is 6.92 Å². The minimum Gasteiger partial charge on any atom is -0.461 e. The number of carbonyl (C=O) groups excluding carboxylic acids is 1. The summed E-state index contributed by atoms with van der Waals surface area (Å²) in [4.78, 5) is 12.1. The van der Waals surface area contributed by atoms with Crippen LogP contribution in [0.25, 0.3) is 22.5 Å². The predicted molar refractivity (Wildman–Crippen MR) is 83.3 cm³/mol. The molecule has 0 fully saturated rings. The number of rotatable bonds is 4. The number of benzene rings is 2. The fourth-order valence-corrected chi connectivity index (χ4v) is 2.29. The lowest BCUT2D eigenvalue weighted by Crippen LogP contribution is -2.06. The topological polar surface area (TPSA) is 52.3 Å². The molecule has 0 N–H and O–H groups in total. The van der Waals surface area contributed by atoms with Crippen molar-refractivity contribution in [1.29, 1.82) is 0 Å². The molecule has 4 heteroatoms. The Kier molecular flexibility index (Phi) is 4.01. The van der Waals surface area contributed by atoms with Crippen molar-refractivity contribution in [2.75, 3.05) is 6.61 Å². The molecule has 0 radical (unpaired) electrons. The third kappa shape index (κ3) is 2.63. The molecule has 0 aliphatic heterocycles. The second kappa shape index (κ2) is 6.26. The van der Waals surface area contributed by atoms with Gasteiger partial charge >= 0.3 is 5.97 Å². The number of ether oxygens (including phenoxy) is 1. The Labute approximate surface area is 128 Å². The van der Waals surface area contributed by atoms with Gasteiger partial charge in [0.25, 0.3) is 0 Å². The summed E-state index contributed by atoms with van der Waals surface area (Å²) in [6.07, 6.45) is 0. The first-order chi connectivity index (χ1) is 10.8. The van der Waals surface area contributed by atoms with Crippen LogP contribution in [-0.4, -0.2) is 17.7 Å². The molecule has 0 saturated heterocycles. The Morgan fingerprint density at radius 2 is 1.59 bits per heavy atom. The Morgan fingerprint density at radius 3 is 2.18 bits per heavy atom. The summed E-state index contributed by atoms with van der Waals surface area (Å²) < 4.78 is 10.5. The van der Waals surface area contributed by atoms with E-state index in [1.165, 1.54) is 0 Å². The van der Waals surface area contributed by atoms with E-state index in [0.717, 1.165) is 11.1 Å². The van der Waals surface area contributed by atoms with Gasteiger partial charge in [-0.3, -0.25) is 0 Å². The lowest BCUT2D eigenvalue weighted by Gasteiger charge is -2.04. The molecule has 0 aliphatic carbocycles. The highest BCUT2D eigenvalue weighted by Crippen LogP contribution is 2.35. The third-order valence-electron chi connectivity index (χ3n) is 3.26. The summed E-state index contributed by atoms with van der Waals surface area (Å²) in [7, 11) is 0. The summed E-state index contributed by atoms with van der Waals surface area (Å²) in [5.41, 5.74) is 2.59. The SMILES string of the molecule is CCOC(=O)c1noc(-c2ccccc2)c1-c1ccccc1. The maximum absolute atomic E-state index is 12.1. The smallest absolute Gasteiger partial charge is 0.361 e. The van der Waals surface area contributed by atoms with Gasteiger partial charge in [0.2, 0.25) is 0 Å². The van der Waals surface area contributed by atoms with Crippen molar-refractivity contribution in [3.63, 3.8) is 0 Å². The monoisotopic (exact) mass is 293 g/mol. The molecule has 110 valence electrons. The Balaban J connectivity index is 2.18. The highest BCUT2D eigenvalue weighted by molar-refractivity contribution is 5.99. The first-order valence-corrected chi connectivity index (χ1v) is 7.09. The van der Waals surface area contributed by atoms with Crippen molar-refractivity contribution < 1.29 is 14.1 Å². The second-order valence-corrected chi connectivity index (χ2v) is 4.69. The maximum atomic E-state index is 12.1. The van der Waals surface area contributed by atoms with Gasteiger partial charge in [-0.15, -0.1) is 0 Å². The summed E-state index contributed by atoms with van der Waals surface area (Å²) in [6.45, 7) is 2.05. The van der Waals surface area contributed by atoms with E-state index in [4.69, 9.17) is 9.26 Å². The van der Waals surface area contributed by atoms with Crippen LogP contribution in [0.2, 0.25) is 0 Å². The molecule has 1 heterocycles. The minimum atomic E-state index is -0.479. The van der Waals surface area contributed by atoms with E-state index in [0.29, 0.717) is 17.9 Å². The molecule has 0 amide bonds. The van der Waals surface area contributed by atoms with E-state index in [-0.39, 0.29) is 5.69 Å². The maximum Gasteiger partial charge on any atom is 0.361 e. The molecular formula is C18H15NO3. The first-order valence-electron chi connectivity index (χ1n) is 7.09. The number of hydrogen-bond donors (Lipinski definition) is 0. The van der Waals surface area contributed by atoms with E-state index in [2.05, 4.69) is 5.16 Å². The Morgan fingerprint density at radius 1 is 1.00 bits per heavy atom. The molecule has 0 aliphatic rings. The predicted octanol–water partition coefficient (Wildman–Crippen LogP) is 4.19. The number of esters is 1. The number of hydrogen-bond acceptors (Lipinski definition) is 4. The van der Waals surface area contributed by atoms with Gasteiger partial charge in [0.1, 0.15) is 0 Å². The molecule has 0 saturated carbocycles. The van der Waals surface area contributed by atoms with Gasteiger partial charge in [-0.05, 0) is 12.5 Å². The molecule has 4 nitrogen and oxygen atoms in total. The number of nitrogens with zero attached hydrogens (tertiary/aromatic N) is 1. The van der Waals surface area contributed by atoms with Gasteiger partial charge in [0.05, 0.1) is 12.2 Å². The average molecular weight is 293 g/mol. The minimum absolute atomic E-state index is 0.201. The summed E-state index contributed by atoms with van der Waals surface area (Å²) in [5.74, 6) is 0.0853. The molecule has 0 spiro atoms. The van der Waals surface area contributed by atoms with Crippen LogP contribution in [0.4, 0.5) is 0 Å². The van der Waals surface area contributed by atoms with Crippen molar-refractivity contribution >= 4 is 5.97 Å². The van der Waals surface area contributed by atoms with Crippen LogP contribution in [-0.2, 0) is 4.74 Å². The zero-order valence-corrected chi connectivity index (χ0v) is 12.2. The molecular weight excluding hydrogens is 278 g/mol. The van der Waals surface area contributed by atoms with E-state index < -0.39 is 5.97 Å². The van der Waals surface area contributed by atoms with Gasteiger partial charge in [-0.25, -0.2) is 4.79 Å². The van der Waals surface area contributed by atoms with E-state index in [1.807, 2.05) is 60.7 Å². The third-order valence-corrected chi connectivity index (χ3v) is 3.26. The van der Waals surface area contributed by atoms with Gasteiger partial charge in [-0.2, -0.15) is 0 Å². The van der Waals surface area contributed by atoms with Crippen molar-refractivity contribution in [1.82, 2.24) is 5.16 Å². The fraction of sp³-hybridized carbons (Fsp3) is 0.111. The Hall–Kier alpha value is -2.88. The van der Waals surface area contributed by atoms with Crippen molar-refractivity contribution in [3.05, 3.63) is 66.4 Å². The highest BCUT2D eigenvalue weighted by Gasteiger charge is 2.24. The zero-order valence-electron chi connectivity index (χ0n) is 12.2. The molecule has 0 atom stereocenters. The quantitative estimate of drug-likeness (QED) is 0.677. The number of aromatic nitrogens is 1. The normalized spacial score (nSPS) is 10.4. The number of carbonyl (C=O) groups is 1. The van der Waals surface area contributed by atoms with Gasteiger partial charge in [0.15, 0.2) is 11.5 Å². The van der Waals surface area contributed by atoms with E-state index in [1.54, 1.807) is 6.92 Å². The summed E-state index contributed by atoms with van der Waals surface area (Å²) in [5, 5.41) is 3.94. The van der Waals surface area contributed by atoms with Crippen LogP contribution in [0.3, 0.4) is 0 Å². The molecule has 0 unspecified atom stereocenters. The molecule has 1 aromatic heterocycles. The van der Waals surface area contributed by atoms with Crippen LogP contribution in [0.5, 0.6) is 0 Å². The first kappa shape index (κ1) is 14.1. The molecule has 0 bridgehead atoms. The zero-order chi connectivity index (χ0) is 15.4. The second-order valence-electron chi connectivity index (χ2n) is 4.69. The molecule has 22 heavy (non-hydrogen) atoms. The Bertz CT molecular complexity index is 764. The van der Waals surface area contributed by atoms with Crippen LogP contribution in [0, 0.1) is 0 Å². The highest BCUT2D eigenvalue weighted by atomic mass is 16.5. The summed E-state index contributed by atoms with van der Waals surface area (Å²) >= 11 is 0. The van der Waals surface area contributed by atoms with Crippen LogP contribution in [0.15, 0.2) is 65.2 Å². The standard InChI is InChI=1S/C18H15NO3/c1-2-21-18(20)16-15(13-9-5-3-6-10-13)17(22-19-16)14-11-7-4-8-12-14/h3-12H,2H2,1H3. The average Bonchev–Trinajstić information content (AvgIpc) is 3.02. The van der Waals surface area contributed by atoms with Gasteiger partial charge in [-0.1, -0.05) is 65.8 Å². The van der Waals surface area contributed by atoms with Crippen LogP contribution >= 0.6 is 0 Å². The lowest BCUT2D eigenvalue weighted by atomic mass is 9.99.